The summed E-state index contributed by atoms with van der Waals surface area (Å²) >= 11 is 0. The maximum atomic E-state index is 12.4. The van der Waals surface area contributed by atoms with Gasteiger partial charge in [-0.05, 0) is 44.5 Å². The standard InChI is InChI=1S/C16H18N2O4S/c1-16(2,3)18-23(21,22)13-6-4-5-11(9-13)12-7-8-14(15(19)20)17-10-12/h4-10,18H,1-3H3,(H,19,20). The van der Waals surface area contributed by atoms with E-state index in [4.69, 9.17) is 5.11 Å². The molecule has 0 aliphatic carbocycles. The molecule has 1 aromatic carbocycles. The molecule has 0 unspecified atom stereocenters. The number of carboxylic acids is 1. The van der Waals surface area contributed by atoms with Gasteiger partial charge >= 0.3 is 5.97 Å². The van der Waals surface area contributed by atoms with Gasteiger partial charge < -0.3 is 5.11 Å². The molecule has 6 nitrogen and oxygen atoms in total. The number of aromatic carboxylic acids is 1. The summed E-state index contributed by atoms with van der Waals surface area (Å²) in [6.07, 6.45) is 1.41. The molecule has 23 heavy (non-hydrogen) atoms. The molecule has 122 valence electrons. The molecule has 0 fully saturated rings. The first kappa shape index (κ1) is 17.1. The highest BCUT2D eigenvalue weighted by atomic mass is 32.2. The Morgan fingerprint density at radius 2 is 1.83 bits per heavy atom. The number of hydrogen-bond acceptors (Lipinski definition) is 4. The fourth-order valence-electron chi connectivity index (χ4n) is 2.00. The van der Waals surface area contributed by atoms with Crippen LogP contribution < -0.4 is 4.72 Å². The second-order valence-corrected chi connectivity index (χ2v) is 7.80. The maximum Gasteiger partial charge on any atom is 0.354 e. The van der Waals surface area contributed by atoms with Crippen LogP contribution >= 0.6 is 0 Å². The summed E-state index contributed by atoms with van der Waals surface area (Å²) in [7, 11) is -3.63. The van der Waals surface area contributed by atoms with Crippen molar-refractivity contribution in [1.82, 2.24) is 9.71 Å². The van der Waals surface area contributed by atoms with Crippen LogP contribution in [0.1, 0.15) is 31.3 Å². The SMILES string of the molecule is CC(C)(C)NS(=O)(=O)c1cccc(-c2ccc(C(=O)O)nc2)c1. The predicted molar refractivity (Wildman–Crippen MR) is 86.7 cm³/mol. The highest BCUT2D eigenvalue weighted by molar-refractivity contribution is 7.89. The van der Waals surface area contributed by atoms with E-state index in [-0.39, 0.29) is 10.6 Å². The van der Waals surface area contributed by atoms with Crippen LogP contribution in [0.3, 0.4) is 0 Å². The fraction of sp³-hybridized carbons (Fsp3) is 0.250. The van der Waals surface area contributed by atoms with Crippen molar-refractivity contribution < 1.29 is 18.3 Å². The Bertz CT molecular complexity index is 822. The van der Waals surface area contributed by atoms with Crippen molar-refractivity contribution in [3.8, 4) is 11.1 Å². The molecule has 0 saturated heterocycles. The summed E-state index contributed by atoms with van der Waals surface area (Å²) in [4.78, 5) is 14.8. The monoisotopic (exact) mass is 334 g/mol. The molecule has 1 heterocycles. The van der Waals surface area contributed by atoms with Gasteiger partial charge in [0.05, 0.1) is 4.90 Å². The van der Waals surface area contributed by atoms with Gasteiger partial charge in [0.15, 0.2) is 0 Å². The van der Waals surface area contributed by atoms with Crippen LogP contribution in [0.4, 0.5) is 0 Å². The summed E-state index contributed by atoms with van der Waals surface area (Å²) in [5.74, 6) is -1.11. The van der Waals surface area contributed by atoms with E-state index in [2.05, 4.69) is 9.71 Å². The Balaban J connectivity index is 2.38. The predicted octanol–water partition coefficient (Wildman–Crippen LogP) is 2.52. The van der Waals surface area contributed by atoms with Crippen molar-refractivity contribution in [3.63, 3.8) is 0 Å². The molecule has 0 radical (unpaired) electrons. The number of benzene rings is 1. The highest BCUT2D eigenvalue weighted by Crippen LogP contribution is 2.22. The molecule has 0 bridgehead atoms. The van der Waals surface area contributed by atoms with Crippen LogP contribution in [0.2, 0.25) is 0 Å². The maximum absolute atomic E-state index is 12.4. The van der Waals surface area contributed by atoms with E-state index < -0.39 is 21.5 Å². The second-order valence-electron chi connectivity index (χ2n) is 6.12. The Kier molecular flexibility index (Phi) is 4.53. The summed E-state index contributed by atoms with van der Waals surface area (Å²) in [6.45, 7) is 5.30. The normalized spacial score (nSPS) is 12.1. The number of aromatic nitrogens is 1. The third-order valence-electron chi connectivity index (χ3n) is 2.90. The van der Waals surface area contributed by atoms with Crippen molar-refractivity contribution >= 4 is 16.0 Å². The van der Waals surface area contributed by atoms with E-state index in [1.54, 1.807) is 39.0 Å². The molecule has 1 aromatic heterocycles. The molecule has 0 saturated carbocycles. The zero-order chi connectivity index (χ0) is 17.3. The first-order valence-electron chi connectivity index (χ1n) is 6.92. The van der Waals surface area contributed by atoms with Crippen molar-refractivity contribution in [2.24, 2.45) is 0 Å². The van der Waals surface area contributed by atoms with E-state index in [9.17, 15) is 13.2 Å². The number of carboxylic acid groups (broad SMARTS) is 1. The Morgan fingerprint density at radius 1 is 1.13 bits per heavy atom. The first-order chi connectivity index (χ1) is 10.6. The Morgan fingerprint density at radius 3 is 2.35 bits per heavy atom. The number of hydrogen-bond donors (Lipinski definition) is 2. The minimum atomic E-state index is -3.63. The molecule has 2 aromatic rings. The van der Waals surface area contributed by atoms with Crippen molar-refractivity contribution in [1.29, 1.82) is 0 Å². The van der Waals surface area contributed by atoms with E-state index in [0.29, 0.717) is 11.1 Å². The lowest BCUT2D eigenvalue weighted by atomic mass is 10.1. The molecule has 0 amide bonds. The molecule has 7 heteroatoms. The van der Waals surface area contributed by atoms with Crippen LogP contribution in [0.25, 0.3) is 11.1 Å². The molecular formula is C16H18N2O4S. The first-order valence-corrected chi connectivity index (χ1v) is 8.41. The summed E-state index contributed by atoms with van der Waals surface area (Å²) < 4.78 is 27.3. The van der Waals surface area contributed by atoms with Gasteiger partial charge in [0.1, 0.15) is 5.69 Å². The molecule has 2 N–H and O–H groups in total. The van der Waals surface area contributed by atoms with Crippen LogP contribution in [0, 0.1) is 0 Å². The molecule has 0 aliphatic rings. The number of carbonyl (C=O) groups is 1. The zero-order valence-corrected chi connectivity index (χ0v) is 13.9. The summed E-state index contributed by atoms with van der Waals surface area (Å²) in [5.41, 5.74) is 0.639. The molecule has 0 spiro atoms. The molecule has 0 atom stereocenters. The topological polar surface area (TPSA) is 96.4 Å². The molecule has 2 rings (SSSR count). The zero-order valence-electron chi connectivity index (χ0n) is 13.1. The van der Waals surface area contributed by atoms with Crippen molar-refractivity contribution in [2.75, 3.05) is 0 Å². The number of pyridine rings is 1. The fourth-order valence-corrected chi connectivity index (χ4v) is 3.46. The average Bonchev–Trinajstić information content (AvgIpc) is 2.45. The van der Waals surface area contributed by atoms with Crippen LogP contribution in [-0.2, 0) is 10.0 Å². The molecule has 0 aliphatic heterocycles. The van der Waals surface area contributed by atoms with Crippen LogP contribution in [0.5, 0.6) is 0 Å². The van der Waals surface area contributed by atoms with Gasteiger partial charge in [-0.25, -0.2) is 22.9 Å². The minimum Gasteiger partial charge on any atom is -0.477 e. The van der Waals surface area contributed by atoms with Gasteiger partial charge in [0, 0.05) is 17.3 Å². The number of nitrogens with zero attached hydrogens (tertiary/aromatic N) is 1. The molecular weight excluding hydrogens is 316 g/mol. The highest BCUT2D eigenvalue weighted by Gasteiger charge is 2.22. The Labute approximate surface area is 135 Å². The minimum absolute atomic E-state index is 0.0630. The smallest absolute Gasteiger partial charge is 0.354 e. The van der Waals surface area contributed by atoms with Gasteiger partial charge in [-0.1, -0.05) is 18.2 Å². The summed E-state index contributed by atoms with van der Waals surface area (Å²) in [6, 6.07) is 9.40. The lowest BCUT2D eigenvalue weighted by molar-refractivity contribution is 0.0690. The largest absolute Gasteiger partial charge is 0.477 e. The van der Waals surface area contributed by atoms with Gasteiger partial charge in [-0.2, -0.15) is 0 Å². The number of rotatable bonds is 4. The Hall–Kier alpha value is -2.25. The van der Waals surface area contributed by atoms with Gasteiger partial charge in [0.25, 0.3) is 0 Å². The third-order valence-corrected chi connectivity index (χ3v) is 4.66. The van der Waals surface area contributed by atoms with E-state index in [1.807, 2.05) is 0 Å². The number of nitrogens with one attached hydrogen (secondary N) is 1. The lowest BCUT2D eigenvalue weighted by Crippen LogP contribution is -2.40. The van der Waals surface area contributed by atoms with E-state index >= 15 is 0 Å². The van der Waals surface area contributed by atoms with Crippen LogP contribution in [-0.4, -0.2) is 30.0 Å². The van der Waals surface area contributed by atoms with E-state index in [1.165, 1.54) is 24.4 Å². The van der Waals surface area contributed by atoms with Gasteiger partial charge in [-0.15, -0.1) is 0 Å². The summed E-state index contributed by atoms with van der Waals surface area (Å²) in [5, 5.41) is 8.86. The van der Waals surface area contributed by atoms with Crippen molar-refractivity contribution in [2.45, 2.75) is 31.2 Å². The van der Waals surface area contributed by atoms with Gasteiger partial charge in [-0.3, -0.25) is 0 Å². The third kappa shape index (κ3) is 4.37. The quantitative estimate of drug-likeness (QED) is 0.895. The van der Waals surface area contributed by atoms with Crippen molar-refractivity contribution in [3.05, 3.63) is 48.3 Å². The number of sulfonamides is 1. The van der Waals surface area contributed by atoms with E-state index in [0.717, 1.165) is 0 Å². The lowest BCUT2D eigenvalue weighted by Gasteiger charge is -2.20. The average molecular weight is 334 g/mol. The van der Waals surface area contributed by atoms with Crippen LogP contribution in [0.15, 0.2) is 47.5 Å². The second kappa shape index (κ2) is 6.10. The van der Waals surface area contributed by atoms with Gasteiger partial charge in [0.2, 0.25) is 10.0 Å².